The van der Waals surface area contributed by atoms with Crippen molar-refractivity contribution in [2.45, 2.75) is 38.8 Å². The number of hydrogen-bond acceptors (Lipinski definition) is 4. The van der Waals surface area contributed by atoms with E-state index in [4.69, 9.17) is 0 Å². The number of rotatable bonds is 6. The lowest BCUT2D eigenvalue weighted by molar-refractivity contribution is -0.115. The number of aromatic nitrogens is 2. The molecular weight excluding hydrogens is 429 g/mol. The summed E-state index contributed by atoms with van der Waals surface area (Å²) in [4.78, 5) is 23.0. The van der Waals surface area contributed by atoms with E-state index in [1.54, 1.807) is 4.90 Å². The van der Waals surface area contributed by atoms with Gasteiger partial charge in [0.05, 0.1) is 13.0 Å². The summed E-state index contributed by atoms with van der Waals surface area (Å²) >= 11 is 0. The maximum Gasteiger partial charge on any atom is 0.228 e. The van der Waals surface area contributed by atoms with Crippen LogP contribution in [0, 0.1) is 11.6 Å². The van der Waals surface area contributed by atoms with Gasteiger partial charge in [-0.25, -0.2) is 23.1 Å². The van der Waals surface area contributed by atoms with Crippen molar-refractivity contribution in [2.75, 3.05) is 23.3 Å². The lowest BCUT2D eigenvalue weighted by atomic mass is 10.0. The van der Waals surface area contributed by atoms with Crippen LogP contribution in [0.25, 0.3) is 11.3 Å². The van der Waals surface area contributed by atoms with Gasteiger partial charge in [-0.15, -0.1) is 0 Å². The summed E-state index contributed by atoms with van der Waals surface area (Å²) in [7, 11) is 0. The van der Waals surface area contributed by atoms with E-state index in [1.165, 1.54) is 6.33 Å². The van der Waals surface area contributed by atoms with E-state index >= 15 is 0 Å². The molecule has 1 saturated heterocycles. The third-order valence-corrected chi connectivity index (χ3v) is 5.72. The average Bonchev–Trinajstić information content (AvgIpc) is 3.22. The molecule has 0 bridgehead atoms. The third kappa shape index (κ3) is 5.16. The topological polar surface area (TPSA) is 58.1 Å². The van der Waals surface area contributed by atoms with Crippen LogP contribution in [0.2, 0.25) is 0 Å². The van der Waals surface area contributed by atoms with E-state index in [2.05, 4.69) is 29.1 Å². The van der Waals surface area contributed by atoms with E-state index in [-0.39, 0.29) is 41.6 Å². The molecule has 2 aromatic carbocycles. The van der Waals surface area contributed by atoms with Crippen LogP contribution >= 0.6 is 0 Å². The summed E-state index contributed by atoms with van der Waals surface area (Å²) in [5, 5.41) is 2.78. The SMILES string of the molecule is CC(C)c1ccc(CC(=O)Nc2c(-c3cc(F)ccc3F)ncnc2N2CC[C@H](F)C2)cc1. The molecule has 8 heteroatoms. The van der Waals surface area contributed by atoms with Crippen molar-refractivity contribution >= 4 is 17.4 Å². The number of halogens is 3. The Balaban J connectivity index is 1.68. The highest BCUT2D eigenvalue weighted by molar-refractivity contribution is 5.99. The van der Waals surface area contributed by atoms with Gasteiger partial charge in [0.25, 0.3) is 0 Å². The predicted octanol–water partition coefficient (Wildman–Crippen LogP) is 5.27. The molecule has 1 aliphatic rings. The van der Waals surface area contributed by atoms with E-state index in [0.29, 0.717) is 18.9 Å². The van der Waals surface area contributed by atoms with Gasteiger partial charge in [-0.3, -0.25) is 4.79 Å². The number of alkyl halides is 1. The number of amides is 1. The van der Waals surface area contributed by atoms with Gasteiger partial charge in [0.1, 0.15) is 35.5 Å². The second-order valence-corrected chi connectivity index (χ2v) is 8.50. The third-order valence-electron chi connectivity index (χ3n) is 5.72. The number of hydrogen-bond donors (Lipinski definition) is 1. The number of anilines is 2. The fraction of sp³-hybridized carbons (Fsp3) is 0.320. The minimum absolute atomic E-state index is 0.0443. The molecule has 0 unspecified atom stereocenters. The molecule has 1 amide bonds. The lowest BCUT2D eigenvalue weighted by Gasteiger charge is -2.22. The van der Waals surface area contributed by atoms with Gasteiger partial charge in [-0.05, 0) is 41.7 Å². The quantitative estimate of drug-likeness (QED) is 0.551. The van der Waals surface area contributed by atoms with Gasteiger partial charge < -0.3 is 10.2 Å². The molecule has 4 rings (SSSR count). The van der Waals surface area contributed by atoms with Gasteiger partial charge in [-0.2, -0.15) is 0 Å². The fourth-order valence-electron chi connectivity index (χ4n) is 3.91. The molecule has 0 spiro atoms. The molecule has 1 aliphatic heterocycles. The molecule has 1 N–H and O–H groups in total. The Morgan fingerprint density at radius 2 is 1.91 bits per heavy atom. The van der Waals surface area contributed by atoms with Crippen molar-refractivity contribution in [1.29, 1.82) is 0 Å². The summed E-state index contributed by atoms with van der Waals surface area (Å²) < 4.78 is 42.4. The molecule has 1 aromatic heterocycles. The van der Waals surface area contributed by atoms with Gasteiger partial charge in [-0.1, -0.05) is 38.1 Å². The van der Waals surface area contributed by atoms with Gasteiger partial charge in [0, 0.05) is 12.1 Å². The Kier molecular flexibility index (Phi) is 6.62. The molecule has 3 aromatic rings. The number of nitrogens with one attached hydrogen (secondary N) is 1. The smallest absolute Gasteiger partial charge is 0.228 e. The van der Waals surface area contributed by atoms with Crippen LogP contribution < -0.4 is 10.2 Å². The molecule has 33 heavy (non-hydrogen) atoms. The molecule has 2 heterocycles. The van der Waals surface area contributed by atoms with E-state index in [1.807, 2.05) is 24.3 Å². The Morgan fingerprint density at radius 1 is 1.15 bits per heavy atom. The molecule has 1 fully saturated rings. The molecular formula is C25H25F3N4O. The summed E-state index contributed by atoms with van der Waals surface area (Å²) in [5.74, 6) is -1.03. The highest BCUT2D eigenvalue weighted by atomic mass is 19.1. The van der Waals surface area contributed by atoms with Crippen LogP contribution in [0.5, 0.6) is 0 Å². The van der Waals surface area contributed by atoms with Crippen molar-refractivity contribution in [3.63, 3.8) is 0 Å². The number of nitrogens with zero attached hydrogens (tertiary/aromatic N) is 3. The Bertz CT molecular complexity index is 1150. The van der Waals surface area contributed by atoms with Crippen LogP contribution in [0.1, 0.15) is 37.3 Å². The molecule has 172 valence electrons. The number of carbonyl (C=O) groups is 1. The highest BCUT2D eigenvalue weighted by Crippen LogP contribution is 2.36. The largest absolute Gasteiger partial charge is 0.352 e. The molecule has 0 radical (unpaired) electrons. The molecule has 0 saturated carbocycles. The first-order chi connectivity index (χ1) is 15.8. The first-order valence-electron chi connectivity index (χ1n) is 10.9. The van der Waals surface area contributed by atoms with Crippen LogP contribution in [0.3, 0.4) is 0 Å². The Labute approximate surface area is 190 Å². The minimum atomic E-state index is -1.03. The average molecular weight is 454 g/mol. The van der Waals surface area contributed by atoms with Gasteiger partial charge >= 0.3 is 0 Å². The second kappa shape index (κ2) is 9.60. The normalized spacial score (nSPS) is 15.8. The zero-order chi connectivity index (χ0) is 23.5. The van der Waals surface area contributed by atoms with Gasteiger partial charge in [0.2, 0.25) is 5.91 Å². The Morgan fingerprint density at radius 3 is 2.58 bits per heavy atom. The van der Waals surface area contributed by atoms with Crippen molar-refractivity contribution in [2.24, 2.45) is 0 Å². The minimum Gasteiger partial charge on any atom is -0.352 e. The number of carbonyl (C=O) groups excluding carboxylic acids is 1. The van der Waals surface area contributed by atoms with Crippen molar-refractivity contribution in [3.8, 4) is 11.3 Å². The molecule has 5 nitrogen and oxygen atoms in total. The van der Waals surface area contributed by atoms with E-state index in [9.17, 15) is 18.0 Å². The maximum atomic E-state index is 14.6. The predicted molar refractivity (Wildman–Crippen MR) is 122 cm³/mol. The monoisotopic (exact) mass is 454 g/mol. The zero-order valence-corrected chi connectivity index (χ0v) is 18.5. The van der Waals surface area contributed by atoms with E-state index < -0.39 is 17.8 Å². The first-order valence-corrected chi connectivity index (χ1v) is 10.9. The summed E-state index contributed by atoms with van der Waals surface area (Å²) in [6.07, 6.45) is 0.575. The number of benzene rings is 2. The first kappa shape index (κ1) is 22.8. The van der Waals surface area contributed by atoms with Crippen LogP contribution in [0.4, 0.5) is 24.7 Å². The van der Waals surface area contributed by atoms with Crippen LogP contribution in [-0.2, 0) is 11.2 Å². The second-order valence-electron chi connectivity index (χ2n) is 8.50. The maximum absolute atomic E-state index is 14.6. The standard InChI is InChI=1S/C25H25F3N4O/c1-15(2)17-5-3-16(4-6-17)11-22(33)31-24-23(20-12-18(26)7-8-21(20)28)29-14-30-25(24)32-10-9-19(27)13-32/h3-8,12,14-15,19H,9-11,13H2,1-2H3,(H,31,33)/t19-/m0/s1. The summed E-state index contributed by atoms with van der Waals surface area (Å²) in [6, 6.07) is 10.8. The van der Waals surface area contributed by atoms with Crippen molar-refractivity contribution in [3.05, 3.63) is 71.6 Å². The van der Waals surface area contributed by atoms with Crippen LogP contribution in [-0.4, -0.2) is 35.1 Å². The lowest BCUT2D eigenvalue weighted by Crippen LogP contribution is -2.25. The van der Waals surface area contributed by atoms with Gasteiger partial charge in [0.15, 0.2) is 5.82 Å². The molecule has 1 atom stereocenters. The summed E-state index contributed by atoms with van der Waals surface area (Å²) in [5.41, 5.74) is 2.05. The van der Waals surface area contributed by atoms with Crippen molar-refractivity contribution < 1.29 is 18.0 Å². The van der Waals surface area contributed by atoms with E-state index in [0.717, 1.165) is 29.3 Å². The molecule has 0 aliphatic carbocycles. The van der Waals surface area contributed by atoms with Crippen LogP contribution in [0.15, 0.2) is 48.8 Å². The fourth-order valence-corrected chi connectivity index (χ4v) is 3.91. The van der Waals surface area contributed by atoms with Crippen molar-refractivity contribution in [1.82, 2.24) is 9.97 Å². The summed E-state index contributed by atoms with van der Waals surface area (Å²) in [6.45, 7) is 4.67. The Hall–Kier alpha value is -3.42. The highest BCUT2D eigenvalue weighted by Gasteiger charge is 2.28. The zero-order valence-electron chi connectivity index (χ0n) is 18.5.